The number of carboxylic acids is 6. The molecule has 6 N–H and O–H groups in total. The van der Waals surface area contributed by atoms with Crippen molar-refractivity contribution in [2.75, 3.05) is 0 Å². The van der Waals surface area contributed by atoms with Crippen molar-refractivity contribution in [3.63, 3.8) is 0 Å². The van der Waals surface area contributed by atoms with Crippen LogP contribution in [0.3, 0.4) is 0 Å². The molecule has 0 bridgehead atoms. The monoisotopic (exact) mass is 1830 g/mol. The van der Waals surface area contributed by atoms with Gasteiger partial charge in [-0.3, -0.25) is 0 Å². The van der Waals surface area contributed by atoms with Crippen molar-refractivity contribution in [1.82, 2.24) is 0 Å². The third-order valence-electron chi connectivity index (χ3n) is 23.3. The van der Waals surface area contributed by atoms with E-state index >= 15 is 0 Å². The fourth-order valence-corrected chi connectivity index (χ4v) is 15.2. The minimum atomic E-state index is -1.01. The van der Waals surface area contributed by atoms with Crippen molar-refractivity contribution < 1.29 is 87.8 Å². The lowest BCUT2D eigenvalue weighted by Crippen LogP contribution is -2.09. The molecule has 0 amide bonds. The molecule has 0 aromatic heterocycles. The lowest BCUT2D eigenvalue weighted by molar-refractivity contribution is 0.0683. The van der Waals surface area contributed by atoms with Crippen molar-refractivity contribution >= 4 is 63.3 Å². The van der Waals surface area contributed by atoms with Gasteiger partial charge in [0.15, 0.2) is 0 Å². The Bertz CT molecular complexity index is 5650. The molecule has 0 aliphatic heterocycles. The largest absolute Gasteiger partial charge is 0.489 e. The highest BCUT2D eigenvalue weighted by Gasteiger charge is 2.29. The molecule has 1 saturated carbocycles. The molecular weight excluding hydrogens is 1710 g/mol. The van der Waals surface area contributed by atoms with Crippen LogP contribution in [0.15, 0.2) is 186 Å². The van der Waals surface area contributed by atoms with Crippen LogP contribution < -0.4 is 28.4 Å². The average molecular weight is 1830 g/mol. The molecule has 1 aliphatic carbocycles. The number of aromatic carboxylic acids is 6. The lowest BCUT2D eigenvalue weighted by atomic mass is 9.98. The maximum Gasteiger partial charge on any atom is 0.336 e. The molecule has 129 heavy (non-hydrogen) atoms. The SMILES string of the molecule is CCc1cccc(C(=O)O)c1COc1cc(C)c(C)cc1C.Cc1cc(C)c(OCc2c(Br)cccc2C(=O)O)cc1C.Cc1cc(C)c(OCc2c(C(=O)O)cccc2C2CC2)cc1C.Cc1cc(C)c(OCc2c(C)cccc2C(=O)O)cc1C.Cc1cc(C)c(OCc2c(C)cccc2C(=O)O)cc1C.Cc1cc(C)c(OCc2c(Cl)cccc2C(=O)O)cc1C. The molecule has 0 atom stereocenters. The summed E-state index contributed by atoms with van der Waals surface area (Å²) in [6.45, 7) is 43.8. The second-order valence-electron chi connectivity index (χ2n) is 33.0. The molecule has 18 nitrogen and oxygen atoms in total. The van der Waals surface area contributed by atoms with E-state index in [4.69, 9.17) is 40.0 Å². The van der Waals surface area contributed by atoms with E-state index in [1.54, 1.807) is 66.7 Å². The summed E-state index contributed by atoms with van der Waals surface area (Å²) in [5, 5.41) is 56.2. The van der Waals surface area contributed by atoms with Crippen molar-refractivity contribution in [3.8, 4) is 34.5 Å². The molecule has 0 saturated heterocycles. The van der Waals surface area contributed by atoms with E-state index in [2.05, 4.69) is 93.9 Å². The van der Waals surface area contributed by atoms with Gasteiger partial charge in [-0.15, -0.1) is 0 Å². The lowest BCUT2D eigenvalue weighted by Gasteiger charge is -2.16. The third kappa shape index (κ3) is 27.8. The number of carbonyl (C=O) groups is 6. The molecule has 12 aromatic rings. The molecule has 0 heterocycles. The van der Waals surface area contributed by atoms with Gasteiger partial charge in [-0.1, -0.05) is 132 Å². The van der Waals surface area contributed by atoms with Gasteiger partial charge >= 0.3 is 35.8 Å². The van der Waals surface area contributed by atoms with Crippen LogP contribution in [0, 0.1) is 138 Å². The highest BCUT2D eigenvalue weighted by molar-refractivity contribution is 9.10. The first-order chi connectivity index (χ1) is 61.0. The molecule has 0 spiro atoms. The minimum absolute atomic E-state index is 0.130. The van der Waals surface area contributed by atoms with Gasteiger partial charge in [0.25, 0.3) is 0 Å². The summed E-state index contributed by atoms with van der Waals surface area (Å²) >= 11 is 9.48. The van der Waals surface area contributed by atoms with Crippen LogP contribution in [-0.2, 0) is 46.1 Å². The molecule has 1 aliphatic rings. The van der Waals surface area contributed by atoms with E-state index in [1.165, 1.54) is 61.7 Å². The fourth-order valence-electron chi connectivity index (χ4n) is 14.5. The van der Waals surface area contributed by atoms with Crippen LogP contribution in [0.5, 0.6) is 34.5 Å². The molecular formula is C109H118BrClO18. The van der Waals surface area contributed by atoms with Gasteiger partial charge in [0.05, 0.1) is 33.4 Å². The van der Waals surface area contributed by atoms with Crippen LogP contribution in [-0.4, -0.2) is 66.5 Å². The molecule has 20 heteroatoms. The standard InChI is InChI=1S/C20H22O3.C19H22O3.2C18H20O3.C17H17BrO3.C17H17ClO3/c1-12-9-14(3)19(10-13(12)2)23-11-18-16(15-7-8-15)5-4-6-17(18)20(21)22;1-5-15-7-6-8-16(19(20)21)17(15)11-22-18-10-13(3)12(2)9-14(18)4;2*1-11-6-5-7-15(18(19)20)16(11)10-21-17-9-13(3)12(2)8-14(17)4;2*1-10-7-12(3)16(8-11(10)2)21-9-14-13(17(19)20)5-4-6-15(14)18/h4-6,9-10,15H,7-8,11H2,1-3H3,(H,21,22);6-10H,5,11H2,1-4H3,(H,20,21);2*5-9H,10H2,1-4H3,(H,19,20);2*4-8H,9H2,1-3H3,(H,19,20). The van der Waals surface area contributed by atoms with Crippen LogP contribution in [0.4, 0.5) is 0 Å². The van der Waals surface area contributed by atoms with Crippen molar-refractivity contribution in [3.05, 3.63) is 381 Å². The quantitative estimate of drug-likeness (QED) is 0.0294. The summed E-state index contributed by atoms with van der Waals surface area (Å²) in [5.74, 6) is -0.333. The van der Waals surface area contributed by atoms with Gasteiger partial charge in [0, 0.05) is 42.9 Å². The van der Waals surface area contributed by atoms with E-state index in [1.807, 2.05) is 177 Å². The number of carboxylic acid groups (broad SMARTS) is 6. The predicted molar refractivity (Wildman–Crippen MR) is 514 cm³/mol. The molecule has 13 rings (SSSR count). The Kier molecular flexibility index (Phi) is 36.7. The van der Waals surface area contributed by atoms with Crippen LogP contribution >= 0.6 is 27.5 Å². The number of hydrogen-bond donors (Lipinski definition) is 6. The maximum absolute atomic E-state index is 11.5. The summed E-state index contributed by atoms with van der Waals surface area (Å²) in [6, 6.07) is 55.9. The van der Waals surface area contributed by atoms with E-state index in [9.17, 15) is 59.4 Å². The van der Waals surface area contributed by atoms with E-state index in [0.29, 0.717) is 50.9 Å². The summed E-state index contributed by atoms with van der Waals surface area (Å²) in [5.41, 5.74) is 30.5. The molecule has 12 aromatic carbocycles. The summed E-state index contributed by atoms with van der Waals surface area (Å²) in [7, 11) is 0. The summed E-state index contributed by atoms with van der Waals surface area (Å²) < 4.78 is 36.0. The topological polar surface area (TPSA) is 279 Å². The molecule has 0 unspecified atom stereocenters. The first kappa shape index (κ1) is 101. The molecule has 676 valence electrons. The highest BCUT2D eigenvalue weighted by atomic mass is 79.9. The van der Waals surface area contributed by atoms with Crippen molar-refractivity contribution in [1.29, 1.82) is 0 Å². The predicted octanol–water partition coefficient (Wildman–Crippen LogP) is 26.8. The normalized spacial score (nSPS) is 11.1. The van der Waals surface area contributed by atoms with Crippen LogP contribution in [0.1, 0.15) is 244 Å². The minimum Gasteiger partial charge on any atom is -0.489 e. The second-order valence-corrected chi connectivity index (χ2v) is 34.2. The van der Waals surface area contributed by atoms with Gasteiger partial charge in [-0.25, -0.2) is 28.8 Å². The van der Waals surface area contributed by atoms with Crippen LogP contribution in [0.25, 0.3) is 0 Å². The Morgan fingerprint density at radius 3 is 0.798 bits per heavy atom. The Morgan fingerprint density at radius 1 is 0.271 bits per heavy atom. The number of benzene rings is 12. The second kappa shape index (κ2) is 46.7. The zero-order valence-electron chi connectivity index (χ0n) is 77.6. The Morgan fingerprint density at radius 2 is 0.496 bits per heavy atom. The zero-order valence-corrected chi connectivity index (χ0v) is 79.9. The first-order valence-corrected chi connectivity index (χ1v) is 43.8. The summed E-state index contributed by atoms with van der Waals surface area (Å²) in [4.78, 5) is 68.1. The van der Waals surface area contributed by atoms with Gasteiger partial charge in [0.1, 0.15) is 74.1 Å². The van der Waals surface area contributed by atoms with E-state index in [-0.39, 0.29) is 44.2 Å². The summed E-state index contributed by atoms with van der Waals surface area (Å²) in [6.07, 6.45) is 3.06. The Hall–Kier alpha value is -13.0. The smallest absolute Gasteiger partial charge is 0.336 e. The molecule has 0 radical (unpaired) electrons. The molecule has 1 fully saturated rings. The fraction of sp³-hybridized carbons (Fsp3) is 0.284. The maximum atomic E-state index is 11.5. The highest BCUT2D eigenvalue weighted by Crippen LogP contribution is 2.43. The van der Waals surface area contributed by atoms with Gasteiger partial charge < -0.3 is 59.1 Å². The van der Waals surface area contributed by atoms with Gasteiger partial charge in [-0.05, 0) is 371 Å². The number of aryl methyl sites for hydroxylation is 21. The number of rotatable bonds is 26. The number of hydrogen-bond acceptors (Lipinski definition) is 12. The zero-order chi connectivity index (χ0) is 95.1. The first-order valence-electron chi connectivity index (χ1n) is 42.6. The average Bonchev–Trinajstić information content (AvgIpc) is 1.67. The van der Waals surface area contributed by atoms with E-state index < -0.39 is 35.8 Å². The Balaban J connectivity index is 0.000000191. The number of halogens is 2. The third-order valence-corrected chi connectivity index (χ3v) is 24.4. The van der Waals surface area contributed by atoms with E-state index in [0.717, 1.165) is 147 Å². The van der Waals surface area contributed by atoms with Crippen molar-refractivity contribution in [2.45, 2.75) is 210 Å². The Labute approximate surface area is 771 Å². The number of ether oxygens (including phenoxy) is 6. The van der Waals surface area contributed by atoms with Crippen LogP contribution in [0.2, 0.25) is 5.02 Å². The van der Waals surface area contributed by atoms with Gasteiger partial charge in [-0.2, -0.15) is 0 Å². The van der Waals surface area contributed by atoms with Crippen molar-refractivity contribution in [2.24, 2.45) is 0 Å². The van der Waals surface area contributed by atoms with Gasteiger partial charge in [0.2, 0.25) is 0 Å².